The summed E-state index contributed by atoms with van der Waals surface area (Å²) in [4.78, 5) is 29.5. The second kappa shape index (κ2) is 7.60. The summed E-state index contributed by atoms with van der Waals surface area (Å²) in [6, 6.07) is 11.2. The number of rotatable bonds is 5. The van der Waals surface area contributed by atoms with Crippen molar-refractivity contribution in [1.29, 1.82) is 0 Å². The zero-order valence-electron chi connectivity index (χ0n) is 16.5. The molecule has 1 amide bonds. The van der Waals surface area contributed by atoms with Crippen LogP contribution < -0.4 is 10.6 Å². The second-order valence-electron chi connectivity index (χ2n) is 6.99. The van der Waals surface area contributed by atoms with E-state index < -0.39 is 5.91 Å². The number of pyridine rings is 1. The molecule has 0 bridgehead atoms. The molecule has 0 atom stereocenters. The van der Waals surface area contributed by atoms with E-state index >= 15 is 0 Å². The maximum atomic E-state index is 11.3. The lowest BCUT2D eigenvalue weighted by Gasteiger charge is -2.20. The third-order valence-corrected chi connectivity index (χ3v) is 6.05. The molecule has 0 saturated carbocycles. The number of fused-ring (bicyclic) bond motifs is 1. The summed E-state index contributed by atoms with van der Waals surface area (Å²) in [7, 11) is 2.02. The number of carbonyl (C=O) groups is 1. The molecule has 0 radical (unpaired) electrons. The molecule has 0 saturated heterocycles. The number of hydrogen-bond acceptors (Lipinski definition) is 6. The minimum Gasteiger partial charge on any atom is -0.366 e. The van der Waals surface area contributed by atoms with Gasteiger partial charge < -0.3 is 10.6 Å². The fourth-order valence-corrected chi connectivity index (χ4v) is 4.28. The first-order valence-electron chi connectivity index (χ1n) is 9.22. The van der Waals surface area contributed by atoms with Gasteiger partial charge >= 0.3 is 0 Å². The van der Waals surface area contributed by atoms with E-state index in [0.717, 1.165) is 27.2 Å². The van der Waals surface area contributed by atoms with Crippen LogP contribution in [0.5, 0.6) is 0 Å². The molecule has 0 aliphatic heterocycles. The Kier molecular flexibility index (Phi) is 4.98. The first-order valence-corrected chi connectivity index (χ1v) is 10.0. The lowest BCUT2D eigenvalue weighted by atomic mass is 10.1. The number of hydrogen-bond donors (Lipinski definition) is 1. The van der Waals surface area contributed by atoms with E-state index in [0.29, 0.717) is 17.9 Å². The van der Waals surface area contributed by atoms with Crippen molar-refractivity contribution in [3.05, 3.63) is 70.4 Å². The molecule has 3 aromatic heterocycles. The highest BCUT2D eigenvalue weighted by atomic mass is 32.1. The monoisotopic (exact) mass is 403 g/mol. The molecular formula is C22H21N5OS. The molecule has 0 fully saturated rings. The highest BCUT2D eigenvalue weighted by Crippen LogP contribution is 2.36. The Morgan fingerprint density at radius 2 is 1.90 bits per heavy atom. The number of anilines is 1. The molecule has 2 N–H and O–H groups in total. The summed E-state index contributed by atoms with van der Waals surface area (Å²) in [5.41, 5.74) is 9.00. The molecule has 7 heteroatoms. The Morgan fingerprint density at radius 1 is 1.14 bits per heavy atom. The number of thiophene rings is 1. The van der Waals surface area contributed by atoms with Gasteiger partial charge in [-0.2, -0.15) is 0 Å². The number of primary amides is 1. The summed E-state index contributed by atoms with van der Waals surface area (Å²) in [5, 5.41) is 1.08. The maximum Gasteiger partial charge on any atom is 0.248 e. The molecule has 3 heterocycles. The highest BCUT2D eigenvalue weighted by molar-refractivity contribution is 7.18. The lowest BCUT2D eigenvalue weighted by Crippen LogP contribution is -2.19. The van der Waals surface area contributed by atoms with E-state index in [-0.39, 0.29) is 0 Å². The van der Waals surface area contributed by atoms with Gasteiger partial charge in [-0.25, -0.2) is 9.97 Å². The topological polar surface area (TPSA) is 85.0 Å². The SMILES string of the molecule is Cc1sc2nc(-c3cccnc3)nc(N(C)Cc3ccc(C(N)=O)cc3)c2c1C. The Balaban J connectivity index is 1.77. The predicted molar refractivity (Wildman–Crippen MR) is 117 cm³/mol. The molecule has 4 rings (SSSR count). The number of aromatic nitrogens is 3. The molecule has 29 heavy (non-hydrogen) atoms. The molecular weight excluding hydrogens is 382 g/mol. The molecule has 0 unspecified atom stereocenters. The largest absolute Gasteiger partial charge is 0.366 e. The van der Waals surface area contributed by atoms with Gasteiger partial charge in [0.15, 0.2) is 5.82 Å². The van der Waals surface area contributed by atoms with Crippen molar-refractivity contribution in [1.82, 2.24) is 15.0 Å². The number of amides is 1. The van der Waals surface area contributed by atoms with Crippen molar-refractivity contribution in [2.45, 2.75) is 20.4 Å². The lowest BCUT2D eigenvalue weighted by molar-refractivity contribution is 0.100. The van der Waals surface area contributed by atoms with Gasteiger partial charge in [0.05, 0.1) is 5.39 Å². The summed E-state index contributed by atoms with van der Waals surface area (Å²) in [6.07, 6.45) is 3.52. The second-order valence-corrected chi connectivity index (χ2v) is 8.20. The third-order valence-electron chi connectivity index (χ3n) is 4.95. The average molecular weight is 404 g/mol. The average Bonchev–Trinajstić information content (AvgIpc) is 3.02. The molecule has 1 aromatic carbocycles. The van der Waals surface area contributed by atoms with Crippen LogP contribution in [0, 0.1) is 13.8 Å². The van der Waals surface area contributed by atoms with E-state index in [1.165, 1.54) is 10.4 Å². The summed E-state index contributed by atoms with van der Waals surface area (Å²) < 4.78 is 0. The maximum absolute atomic E-state index is 11.3. The van der Waals surface area contributed by atoms with Crippen molar-refractivity contribution < 1.29 is 4.79 Å². The summed E-state index contributed by atoms with van der Waals surface area (Å²) in [6.45, 7) is 4.87. The van der Waals surface area contributed by atoms with Crippen LogP contribution in [0.4, 0.5) is 5.82 Å². The van der Waals surface area contributed by atoms with Crippen LogP contribution in [-0.2, 0) is 6.54 Å². The van der Waals surface area contributed by atoms with Crippen molar-refractivity contribution in [2.75, 3.05) is 11.9 Å². The summed E-state index contributed by atoms with van der Waals surface area (Å²) in [5.74, 6) is 1.13. The molecule has 0 aliphatic carbocycles. The molecule has 146 valence electrons. The quantitative estimate of drug-likeness (QED) is 0.542. The van der Waals surface area contributed by atoms with Crippen LogP contribution in [0.3, 0.4) is 0 Å². The predicted octanol–water partition coefficient (Wildman–Crippen LogP) is 4.11. The minimum absolute atomic E-state index is 0.423. The van der Waals surface area contributed by atoms with E-state index in [4.69, 9.17) is 15.7 Å². The van der Waals surface area contributed by atoms with Gasteiger partial charge in [0, 0.05) is 42.0 Å². The van der Waals surface area contributed by atoms with Crippen LogP contribution in [0.1, 0.15) is 26.4 Å². The Hall–Kier alpha value is -3.32. The van der Waals surface area contributed by atoms with Gasteiger partial charge in [0.2, 0.25) is 5.91 Å². The number of benzene rings is 1. The van der Waals surface area contributed by atoms with Crippen molar-refractivity contribution in [2.24, 2.45) is 5.73 Å². The third kappa shape index (κ3) is 3.69. The molecule has 0 spiro atoms. The van der Waals surface area contributed by atoms with E-state index in [9.17, 15) is 4.79 Å². The normalized spacial score (nSPS) is 11.0. The smallest absolute Gasteiger partial charge is 0.248 e. The van der Waals surface area contributed by atoms with Gasteiger partial charge in [0.25, 0.3) is 0 Å². The first-order chi connectivity index (χ1) is 13.9. The standard InChI is InChI=1S/C22H21N5OS/c1-13-14(2)29-22-18(13)21(25-20(26-22)17-5-4-10-24-11-17)27(3)12-15-6-8-16(9-7-15)19(23)28/h4-11H,12H2,1-3H3,(H2,23,28). The Labute approximate surface area is 173 Å². The van der Waals surface area contributed by atoms with Crippen molar-refractivity contribution >= 4 is 33.3 Å². The number of carbonyl (C=O) groups excluding carboxylic acids is 1. The van der Waals surface area contributed by atoms with Gasteiger partial charge in [-0.3, -0.25) is 9.78 Å². The van der Waals surface area contributed by atoms with E-state index in [1.807, 2.05) is 31.3 Å². The van der Waals surface area contributed by atoms with Crippen molar-refractivity contribution in [3.8, 4) is 11.4 Å². The molecule has 6 nitrogen and oxygen atoms in total. The van der Waals surface area contributed by atoms with Crippen LogP contribution in [0.2, 0.25) is 0 Å². The van der Waals surface area contributed by atoms with Crippen LogP contribution in [0.25, 0.3) is 21.6 Å². The Morgan fingerprint density at radius 3 is 2.55 bits per heavy atom. The van der Waals surface area contributed by atoms with Gasteiger partial charge in [0.1, 0.15) is 10.6 Å². The van der Waals surface area contributed by atoms with Gasteiger partial charge in [-0.15, -0.1) is 11.3 Å². The van der Waals surface area contributed by atoms with Gasteiger partial charge in [-0.05, 0) is 49.2 Å². The molecule has 4 aromatic rings. The van der Waals surface area contributed by atoms with Crippen molar-refractivity contribution in [3.63, 3.8) is 0 Å². The fraction of sp³-hybridized carbons (Fsp3) is 0.182. The minimum atomic E-state index is -0.423. The first kappa shape index (κ1) is 19.0. The zero-order valence-corrected chi connectivity index (χ0v) is 17.3. The van der Waals surface area contributed by atoms with Crippen LogP contribution >= 0.6 is 11.3 Å². The fourth-order valence-electron chi connectivity index (χ4n) is 3.25. The van der Waals surface area contributed by atoms with Gasteiger partial charge in [-0.1, -0.05) is 12.1 Å². The Bertz CT molecular complexity index is 1190. The molecule has 0 aliphatic rings. The van der Waals surface area contributed by atoms with Crippen LogP contribution in [0.15, 0.2) is 48.8 Å². The van der Waals surface area contributed by atoms with Crippen LogP contribution in [-0.4, -0.2) is 27.9 Å². The highest BCUT2D eigenvalue weighted by Gasteiger charge is 2.18. The van der Waals surface area contributed by atoms with E-state index in [2.05, 4.69) is 23.7 Å². The zero-order chi connectivity index (χ0) is 20.5. The van der Waals surface area contributed by atoms with E-state index in [1.54, 1.807) is 35.9 Å². The number of nitrogens with two attached hydrogens (primary N) is 1. The number of nitrogens with zero attached hydrogens (tertiary/aromatic N) is 4. The number of aryl methyl sites for hydroxylation is 2. The summed E-state index contributed by atoms with van der Waals surface area (Å²) >= 11 is 1.68.